The number of nitrogens with zero attached hydrogens (tertiary/aromatic N) is 1. The van der Waals surface area contributed by atoms with Gasteiger partial charge in [-0.2, -0.15) is 0 Å². The normalized spacial score (nSPS) is 11.3. The van der Waals surface area contributed by atoms with Gasteiger partial charge in [0.15, 0.2) is 0 Å². The van der Waals surface area contributed by atoms with E-state index in [0.29, 0.717) is 5.56 Å². The first-order valence-electron chi connectivity index (χ1n) is 10.6. The van der Waals surface area contributed by atoms with Crippen molar-refractivity contribution in [2.24, 2.45) is 0 Å². The van der Waals surface area contributed by atoms with Crippen LogP contribution in [-0.4, -0.2) is 13.2 Å². The molecule has 0 saturated heterocycles. The summed E-state index contributed by atoms with van der Waals surface area (Å²) in [5, 5.41) is 15.1. The van der Waals surface area contributed by atoms with Gasteiger partial charge >= 0.3 is 0 Å². The minimum atomic E-state index is -2.92. The molecule has 32 heavy (non-hydrogen) atoms. The Morgan fingerprint density at radius 1 is 0.719 bits per heavy atom. The quantitative estimate of drug-likeness (QED) is 0.186. The van der Waals surface area contributed by atoms with Gasteiger partial charge in [0.1, 0.15) is 0 Å². The van der Waals surface area contributed by atoms with Gasteiger partial charge in [-0.25, -0.2) is 0 Å². The Labute approximate surface area is 189 Å². The van der Waals surface area contributed by atoms with Crippen molar-refractivity contribution < 1.29 is 9.35 Å². The predicted molar refractivity (Wildman–Crippen MR) is 131 cm³/mol. The molecule has 0 aliphatic heterocycles. The van der Waals surface area contributed by atoms with Crippen LogP contribution in [0.3, 0.4) is 0 Å². The third kappa shape index (κ3) is 4.13. The molecule has 0 amide bonds. The minimum absolute atomic E-state index is 0.102. The third-order valence-corrected chi connectivity index (χ3v) is 9.89. The molecule has 0 unspecified atom stereocenters. The van der Waals surface area contributed by atoms with Crippen LogP contribution in [0.15, 0.2) is 103 Å². The molecule has 0 atom stereocenters. The number of aryl methyl sites for hydroxylation is 2. The maximum atomic E-state index is 11.8. The lowest BCUT2D eigenvalue weighted by molar-refractivity contribution is -0.385. The highest BCUT2D eigenvalue weighted by atomic mass is 28.4. The largest absolute Gasteiger partial charge is 0.399 e. The first-order valence-corrected chi connectivity index (χ1v) is 12.5. The molecule has 0 saturated carbocycles. The van der Waals surface area contributed by atoms with Crippen molar-refractivity contribution in [2.45, 2.75) is 20.5 Å². The second kappa shape index (κ2) is 9.30. The van der Waals surface area contributed by atoms with Gasteiger partial charge < -0.3 is 4.43 Å². The van der Waals surface area contributed by atoms with E-state index >= 15 is 0 Å². The fourth-order valence-corrected chi connectivity index (χ4v) is 7.96. The summed E-state index contributed by atoms with van der Waals surface area (Å²) in [6.45, 7) is 4.02. The molecule has 4 rings (SSSR count). The molecule has 0 bridgehead atoms. The maximum Gasteiger partial charge on any atom is 0.288 e. The van der Waals surface area contributed by atoms with Crippen LogP contribution in [-0.2, 0) is 11.0 Å². The first kappa shape index (κ1) is 21.7. The van der Waals surface area contributed by atoms with E-state index in [1.165, 1.54) is 0 Å². The predicted octanol–water partition coefficient (Wildman–Crippen LogP) is 4.40. The fraction of sp³-hybridized carbons (Fsp3) is 0.111. The van der Waals surface area contributed by atoms with Gasteiger partial charge in [-0.15, -0.1) is 0 Å². The molecule has 0 fully saturated rings. The lowest BCUT2D eigenvalue weighted by Gasteiger charge is -2.33. The lowest BCUT2D eigenvalue weighted by atomic mass is 10.0. The average molecular weight is 440 g/mol. The molecular weight excluding hydrogens is 414 g/mol. The Morgan fingerprint density at radius 2 is 1.12 bits per heavy atom. The van der Waals surface area contributed by atoms with E-state index in [9.17, 15) is 10.1 Å². The topological polar surface area (TPSA) is 52.4 Å². The zero-order chi connectivity index (χ0) is 22.6. The Kier molecular flexibility index (Phi) is 6.30. The molecule has 4 aromatic carbocycles. The van der Waals surface area contributed by atoms with Crippen molar-refractivity contribution in [3.8, 4) is 0 Å². The molecule has 0 heterocycles. The van der Waals surface area contributed by atoms with Gasteiger partial charge in [0, 0.05) is 6.07 Å². The van der Waals surface area contributed by atoms with Crippen LogP contribution in [0.5, 0.6) is 0 Å². The van der Waals surface area contributed by atoms with E-state index < -0.39 is 8.32 Å². The Bertz CT molecular complexity index is 1120. The van der Waals surface area contributed by atoms with Crippen LogP contribution in [0.1, 0.15) is 16.7 Å². The molecule has 0 aliphatic carbocycles. The summed E-state index contributed by atoms with van der Waals surface area (Å²) in [5.74, 6) is 0. The van der Waals surface area contributed by atoms with Gasteiger partial charge in [0.05, 0.1) is 17.1 Å². The molecule has 5 heteroatoms. The zero-order valence-electron chi connectivity index (χ0n) is 18.2. The molecule has 0 aromatic heterocycles. The van der Waals surface area contributed by atoms with E-state index in [-0.39, 0.29) is 17.2 Å². The molecule has 160 valence electrons. The molecule has 0 aliphatic rings. The third-order valence-electron chi connectivity index (χ3n) is 5.88. The van der Waals surface area contributed by atoms with Crippen LogP contribution in [0, 0.1) is 24.0 Å². The van der Waals surface area contributed by atoms with Gasteiger partial charge in [0.2, 0.25) is 0 Å². The summed E-state index contributed by atoms with van der Waals surface area (Å²) in [4.78, 5) is 11.5. The van der Waals surface area contributed by atoms with E-state index in [0.717, 1.165) is 26.7 Å². The SMILES string of the molecule is Cc1cc(CO[Si](c2ccccc2)(c2ccccc2)c2ccccc2)c([N+](=O)[O-])cc1C. The van der Waals surface area contributed by atoms with Crippen molar-refractivity contribution >= 4 is 29.6 Å². The van der Waals surface area contributed by atoms with Crippen molar-refractivity contribution in [3.63, 3.8) is 0 Å². The zero-order valence-corrected chi connectivity index (χ0v) is 19.2. The van der Waals surface area contributed by atoms with Crippen LogP contribution in [0.2, 0.25) is 0 Å². The molecule has 0 radical (unpaired) electrons. The molecule has 0 N–H and O–H groups in total. The number of nitro groups is 1. The van der Waals surface area contributed by atoms with E-state index in [2.05, 4.69) is 36.4 Å². The standard InChI is InChI=1S/C27H25NO3Si/c1-21-18-23(27(28(29)30)19-22(21)2)20-31-32(24-12-6-3-7-13-24,25-14-8-4-9-15-25)26-16-10-5-11-17-26/h3-19H,20H2,1-2H3. The van der Waals surface area contributed by atoms with Crippen molar-refractivity contribution in [3.05, 3.63) is 130 Å². The minimum Gasteiger partial charge on any atom is -0.399 e. The van der Waals surface area contributed by atoms with Gasteiger partial charge in [-0.1, -0.05) is 91.0 Å². The lowest BCUT2D eigenvalue weighted by Crippen LogP contribution is -2.69. The monoisotopic (exact) mass is 439 g/mol. The molecular formula is C27H25NO3Si. The van der Waals surface area contributed by atoms with Gasteiger partial charge in [0.25, 0.3) is 14.0 Å². The summed E-state index contributed by atoms with van der Waals surface area (Å²) >= 11 is 0. The number of hydrogen-bond acceptors (Lipinski definition) is 3. The van der Waals surface area contributed by atoms with E-state index in [1.54, 1.807) is 6.07 Å². The van der Waals surface area contributed by atoms with Crippen LogP contribution in [0.25, 0.3) is 0 Å². The van der Waals surface area contributed by atoms with Crippen molar-refractivity contribution in [1.82, 2.24) is 0 Å². The highest BCUT2D eigenvalue weighted by molar-refractivity contribution is 7.07. The highest BCUT2D eigenvalue weighted by Crippen LogP contribution is 2.25. The van der Waals surface area contributed by atoms with Crippen LogP contribution in [0.4, 0.5) is 5.69 Å². The first-order chi connectivity index (χ1) is 15.5. The molecule has 0 spiro atoms. The van der Waals surface area contributed by atoms with Crippen LogP contribution < -0.4 is 15.6 Å². The highest BCUT2D eigenvalue weighted by Gasteiger charge is 2.42. The maximum absolute atomic E-state index is 11.8. The molecule has 4 aromatic rings. The second-order valence-corrected chi connectivity index (χ2v) is 11.3. The second-order valence-electron chi connectivity index (χ2n) is 7.89. The number of rotatable bonds is 7. The Hall–Kier alpha value is -3.54. The van der Waals surface area contributed by atoms with Crippen molar-refractivity contribution in [2.75, 3.05) is 0 Å². The van der Waals surface area contributed by atoms with Gasteiger partial charge in [-0.05, 0) is 46.6 Å². The van der Waals surface area contributed by atoms with E-state index in [1.807, 2.05) is 74.5 Å². The summed E-state index contributed by atoms with van der Waals surface area (Å²) in [5.41, 5.74) is 2.61. The van der Waals surface area contributed by atoms with Crippen LogP contribution >= 0.6 is 0 Å². The molecule has 4 nitrogen and oxygen atoms in total. The summed E-state index contributed by atoms with van der Waals surface area (Å²) in [6, 6.07) is 34.2. The van der Waals surface area contributed by atoms with Gasteiger partial charge in [-0.3, -0.25) is 10.1 Å². The average Bonchev–Trinajstić information content (AvgIpc) is 2.83. The van der Waals surface area contributed by atoms with E-state index in [4.69, 9.17) is 4.43 Å². The number of nitro benzene ring substituents is 1. The summed E-state index contributed by atoms with van der Waals surface area (Å²) in [6.07, 6.45) is 0. The fourth-order valence-electron chi connectivity index (χ4n) is 4.10. The van der Waals surface area contributed by atoms with Crippen molar-refractivity contribution in [1.29, 1.82) is 0 Å². The Balaban J connectivity index is 1.90. The Morgan fingerprint density at radius 3 is 1.53 bits per heavy atom. The number of hydrogen-bond donors (Lipinski definition) is 0. The smallest absolute Gasteiger partial charge is 0.288 e. The summed E-state index contributed by atoms with van der Waals surface area (Å²) in [7, 11) is -2.92. The number of benzene rings is 4. The summed E-state index contributed by atoms with van der Waals surface area (Å²) < 4.78 is 6.89.